The number of hydrogen-bond acceptors (Lipinski definition) is 6. The van der Waals surface area contributed by atoms with Crippen LogP contribution in [0.4, 0.5) is 0 Å². The fourth-order valence-electron chi connectivity index (χ4n) is 7.04. The van der Waals surface area contributed by atoms with Crippen molar-refractivity contribution in [2.24, 2.45) is 0 Å². The van der Waals surface area contributed by atoms with Crippen molar-refractivity contribution in [3.05, 3.63) is 97.1 Å². The van der Waals surface area contributed by atoms with Crippen LogP contribution in [-0.4, -0.2) is 28.3 Å². The quantitative estimate of drug-likeness (QED) is 0.0769. The zero-order chi connectivity index (χ0) is 36.6. The van der Waals surface area contributed by atoms with Gasteiger partial charge < -0.3 is 0 Å². The van der Waals surface area contributed by atoms with Crippen molar-refractivity contribution in [2.75, 3.05) is 11.5 Å². The minimum absolute atomic E-state index is 0.0939. The minimum atomic E-state index is -3.63. The Morgan fingerprint density at radius 3 is 1.23 bits per heavy atom. The Labute approximate surface area is 318 Å². The van der Waals surface area contributed by atoms with Gasteiger partial charge in [0.25, 0.3) is 0 Å². The Kier molecular flexibility index (Phi) is 13.1. The lowest BCUT2D eigenvalue weighted by atomic mass is 10.0. The van der Waals surface area contributed by atoms with Crippen molar-refractivity contribution < 1.29 is 16.8 Å². The van der Waals surface area contributed by atoms with Crippen molar-refractivity contribution in [3.8, 4) is 30.6 Å². The summed E-state index contributed by atoms with van der Waals surface area (Å²) >= 11 is 2.91. The number of unbranched alkanes of at least 4 members (excludes halogenated alkanes) is 10. The molecule has 0 N–H and O–H groups in total. The van der Waals surface area contributed by atoms with E-state index in [9.17, 15) is 16.8 Å². The third-order valence-electron chi connectivity index (χ3n) is 9.91. The molecular formula is C44H50O4S4. The molecule has 6 rings (SSSR count). The van der Waals surface area contributed by atoms with Crippen LogP contribution >= 0.6 is 22.7 Å². The molecule has 2 aromatic heterocycles. The monoisotopic (exact) mass is 770 g/mol. The lowest BCUT2D eigenvalue weighted by molar-refractivity contribution is 0.583. The van der Waals surface area contributed by atoms with Crippen LogP contribution in [0.1, 0.15) is 90.9 Å². The molecule has 6 aromatic rings. The van der Waals surface area contributed by atoms with Crippen molar-refractivity contribution >= 4 is 63.9 Å². The summed E-state index contributed by atoms with van der Waals surface area (Å²) in [7, 11) is -7.25. The molecule has 0 saturated carbocycles. The minimum Gasteiger partial charge on any atom is -0.224 e. The molecule has 0 spiro atoms. The SMILES string of the molecule is CCCCCCCCS(=O)(=O)c1cc(-c2cc(S(=O)(=O)CCCCCCCC)c(-c3cccc4ccccc34)s2)sc1-c1cccc2ccccc12. The molecule has 0 radical (unpaired) electrons. The highest BCUT2D eigenvalue weighted by atomic mass is 32.2. The van der Waals surface area contributed by atoms with Gasteiger partial charge in [-0.15, -0.1) is 22.7 Å². The molecule has 2 heterocycles. The van der Waals surface area contributed by atoms with Crippen LogP contribution < -0.4 is 0 Å². The normalized spacial score (nSPS) is 12.3. The lowest BCUT2D eigenvalue weighted by Crippen LogP contribution is -2.07. The first-order chi connectivity index (χ1) is 25.2. The summed E-state index contributed by atoms with van der Waals surface area (Å²) in [5, 5.41) is 4.09. The summed E-state index contributed by atoms with van der Waals surface area (Å²) in [5.41, 5.74) is 1.77. The molecule has 0 unspecified atom stereocenters. The van der Waals surface area contributed by atoms with E-state index in [1.54, 1.807) is 0 Å². The van der Waals surface area contributed by atoms with Gasteiger partial charge in [-0.05, 0) is 46.5 Å². The van der Waals surface area contributed by atoms with E-state index in [-0.39, 0.29) is 11.5 Å². The first-order valence-electron chi connectivity index (χ1n) is 18.9. The Morgan fingerprint density at radius 2 is 0.808 bits per heavy atom. The predicted molar refractivity (Wildman–Crippen MR) is 224 cm³/mol. The van der Waals surface area contributed by atoms with E-state index < -0.39 is 19.7 Å². The number of fused-ring (bicyclic) bond motifs is 2. The van der Waals surface area contributed by atoms with Crippen LogP contribution in [0.25, 0.3) is 52.2 Å². The van der Waals surface area contributed by atoms with Gasteiger partial charge in [-0.3, -0.25) is 0 Å². The Morgan fingerprint density at radius 1 is 0.442 bits per heavy atom. The van der Waals surface area contributed by atoms with Crippen LogP contribution in [0.2, 0.25) is 0 Å². The van der Waals surface area contributed by atoms with Crippen LogP contribution in [-0.2, 0) is 19.7 Å². The number of thiophene rings is 2. The fraction of sp³-hybridized carbons (Fsp3) is 0.364. The Balaban J connectivity index is 1.45. The third-order valence-corrected chi connectivity index (χ3v) is 16.3. The molecule has 0 amide bonds. The summed E-state index contributed by atoms with van der Waals surface area (Å²) in [4.78, 5) is 3.67. The van der Waals surface area contributed by atoms with Crippen LogP contribution in [0, 0.1) is 0 Å². The van der Waals surface area contributed by atoms with E-state index in [0.717, 1.165) is 104 Å². The molecule has 0 fully saturated rings. The zero-order valence-electron chi connectivity index (χ0n) is 30.4. The maximum Gasteiger partial charge on any atom is 0.179 e. The molecular weight excluding hydrogens is 721 g/mol. The van der Waals surface area contributed by atoms with E-state index in [0.29, 0.717) is 22.6 Å². The lowest BCUT2D eigenvalue weighted by Gasteiger charge is -2.09. The van der Waals surface area contributed by atoms with Gasteiger partial charge >= 0.3 is 0 Å². The smallest absolute Gasteiger partial charge is 0.179 e. The third kappa shape index (κ3) is 8.90. The summed E-state index contributed by atoms with van der Waals surface area (Å²) in [6.45, 7) is 4.36. The van der Waals surface area contributed by atoms with Crippen LogP contribution in [0.5, 0.6) is 0 Å². The summed E-state index contributed by atoms with van der Waals surface area (Å²) in [6.07, 6.45) is 12.0. The van der Waals surface area contributed by atoms with Crippen molar-refractivity contribution in [1.82, 2.24) is 0 Å². The number of sulfone groups is 2. The van der Waals surface area contributed by atoms with Gasteiger partial charge in [0, 0.05) is 20.9 Å². The maximum atomic E-state index is 14.2. The Bertz CT molecular complexity index is 2150. The maximum absolute atomic E-state index is 14.2. The molecule has 274 valence electrons. The van der Waals surface area contributed by atoms with Crippen molar-refractivity contribution in [3.63, 3.8) is 0 Å². The first kappa shape index (κ1) is 38.4. The van der Waals surface area contributed by atoms with Crippen LogP contribution in [0.15, 0.2) is 107 Å². The van der Waals surface area contributed by atoms with Gasteiger partial charge in [-0.1, -0.05) is 163 Å². The summed E-state index contributed by atoms with van der Waals surface area (Å²) in [6, 6.07) is 31.9. The second-order valence-electron chi connectivity index (χ2n) is 13.8. The van der Waals surface area contributed by atoms with Crippen molar-refractivity contribution in [2.45, 2.75) is 101 Å². The van der Waals surface area contributed by atoms with Gasteiger partial charge in [0.15, 0.2) is 19.7 Å². The second kappa shape index (κ2) is 17.7. The predicted octanol–water partition coefficient (Wildman–Crippen LogP) is 13.4. The second-order valence-corrected chi connectivity index (χ2v) is 20.1. The van der Waals surface area contributed by atoms with Crippen LogP contribution in [0.3, 0.4) is 0 Å². The van der Waals surface area contributed by atoms with Crippen molar-refractivity contribution in [1.29, 1.82) is 0 Å². The zero-order valence-corrected chi connectivity index (χ0v) is 33.7. The highest BCUT2D eigenvalue weighted by Gasteiger charge is 2.28. The molecule has 4 aromatic carbocycles. The van der Waals surface area contributed by atoms with Gasteiger partial charge in [0.05, 0.1) is 31.1 Å². The average molecular weight is 771 g/mol. The van der Waals surface area contributed by atoms with Gasteiger partial charge in [0.2, 0.25) is 0 Å². The topological polar surface area (TPSA) is 68.3 Å². The van der Waals surface area contributed by atoms with Gasteiger partial charge in [-0.25, -0.2) is 16.8 Å². The van der Waals surface area contributed by atoms with Gasteiger partial charge in [0.1, 0.15) is 0 Å². The molecule has 0 bridgehead atoms. The Hall–Kier alpha value is -3.30. The van der Waals surface area contributed by atoms with E-state index >= 15 is 0 Å². The molecule has 0 aliphatic carbocycles. The summed E-state index contributed by atoms with van der Waals surface area (Å²) in [5.74, 6) is 0.188. The standard InChI is InChI=1S/C44H50O4S4/c1-3-5-7-9-11-17-29-51(45,46)41-31-39(49-43(41)37-27-19-23-33-21-13-15-25-35(33)37)40-32-42(52(47,48)30-18-12-10-8-6-4-2)44(50-40)38-28-20-24-34-22-14-16-26-36(34)38/h13-16,19-28,31-32H,3-12,17-18,29-30H2,1-2H3. The number of benzene rings is 4. The molecule has 0 saturated heterocycles. The highest BCUT2D eigenvalue weighted by molar-refractivity contribution is 7.92. The van der Waals surface area contributed by atoms with E-state index in [4.69, 9.17) is 0 Å². The molecule has 0 aliphatic rings. The molecule has 8 heteroatoms. The molecule has 4 nitrogen and oxygen atoms in total. The van der Waals surface area contributed by atoms with E-state index in [2.05, 4.69) is 38.1 Å². The summed E-state index contributed by atoms with van der Waals surface area (Å²) < 4.78 is 56.9. The average Bonchev–Trinajstić information content (AvgIpc) is 3.81. The van der Waals surface area contributed by atoms with E-state index in [1.807, 2.05) is 72.8 Å². The van der Waals surface area contributed by atoms with E-state index in [1.165, 1.54) is 35.5 Å². The number of rotatable bonds is 19. The molecule has 52 heavy (non-hydrogen) atoms. The first-order valence-corrected chi connectivity index (χ1v) is 23.9. The largest absolute Gasteiger partial charge is 0.224 e. The molecule has 0 atom stereocenters. The molecule has 0 aliphatic heterocycles. The van der Waals surface area contributed by atoms with Gasteiger partial charge in [-0.2, -0.15) is 0 Å². The highest BCUT2D eigenvalue weighted by Crippen LogP contribution is 2.49. The number of hydrogen-bond donors (Lipinski definition) is 0. The fourth-order valence-corrected chi connectivity index (χ4v) is 13.4.